The van der Waals surface area contributed by atoms with Gasteiger partial charge in [0.1, 0.15) is 0 Å². The number of carbonyl (C=O) groups excluding carboxylic acids is 1. The summed E-state index contributed by atoms with van der Waals surface area (Å²) < 4.78 is 5.16. The SMILES string of the molecule is CCOC(=O)N(c1cccc2ccccc12)C(C)C. The van der Waals surface area contributed by atoms with Crippen LogP contribution in [0.2, 0.25) is 0 Å². The summed E-state index contributed by atoms with van der Waals surface area (Å²) in [6.45, 7) is 6.17. The molecule has 19 heavy (non-hydrogen) atoms. The van der Waals surface area contributed by atoms with Crippen molar-refractivity contribution in [1.82, 2.24) is 0 Å². The molecule has 2 rings (SSSR count). The minimum absolute atomic E-state index is 0.0462. The number of rotatable bonds is 3. The van der Waals surface area contributed by atoms with E-state index in [1.54, 1.807) is 4.90 Å². The van der Waals surface area contributed by atoms with E-state index in [0.717, 1.165) is 16.5 Å². The van der Waals surface area contributed by atoms with Crippen molar-refractivity contribution in [3.63, 3.8) is 0 Å². The predicted molar refractivity (Wildman–Crippen MR) is 78.6 cm³/mol. The first-order chi connectivity index (χ1) is 9.15. The first kappa shape index (κ1) is 13.4. The number of fused-ring (bicyclic) bond motifs is 1. The summed E-state index contributed by atoms with van der Waals surface area (Å²) in [5, 5.41) is 2.18. The van der Waals surface area contributed by atoms with Crippen LogP contribution in [0.5, 0.6) is 0 Å². The minimum Gasteiger partial charge on any atom is -0.449 e. The monoisotopic (exact) mass is 257 g/mol. The number of carbonyl (C=O) groups is 1. The molecular formula is C16H19NO2. The lowest BCUT2D eigenvalue weighted by atomic mass is 10.1. The maximum atomic E-state index is 12.1. The molecule has 3 nitrogen and oxygen atoms in total. The van der Waals surface area contributed by atoms with Crippen LogP contribution >= 0.6 is 0 Å². The van der Waals surface area contributed by atoms with E-state index in [2.05, 4.69) is 0 Å². The van der Waals surface area contributed by atoms with Crippen LogP contribution in [0.3, 0.4) is 0 Å². The topological polar surface area (TPSA) is 29.5 Å². The summed E-state index contributed by atoms with van der Waals surface area (Å²) in [6.07, 6.45) is -0.297. The van der Waals surface area contributed by atoms with Gasteiger partial charge in [-0.2, -0.15) is 0 Å². The third kappa shape index (κ3) is 2.70. The van der Waals surface area contributed by atoms with Gasteiger partial charge in [0.05, 0.1) is 12.3 Å². The number of hydrogen-bond donors (Lipinski definition) is 0. The predicted octanol–water partition coefficient (Wildman–Crippen LogP) is 4.21. The summed E-state index contributed by atoms with van der Waals surface area (Å²) >= 11 is 0. The van der Waals surface area contributed by atoms with E-state index >= 15 is 0 Å². The third-order valence-corrected chi connectivity index (χ3v) is 3.01. The number of amides is 1. The molecule has 0 N–H and O–H groups in total. The summed E-state index contributed by atoms with van der Waals surface area (Å²) in [5.41, 5.74) is 0.895. The van der Waals surface area contributed by atoms with Crippen LogP contribution in [-0.4, -0.2) is 18.7 Å². The van der Waals surface area contributed by atoms with E-state index in [9.17, 15) is 4.79 Å². The van der Waals surface area contributed by atoms with Crippen LogP contribution < -0.4 is 4.90 Å². The molecule has 0 aromatic heterocycles. The molecule has 2 aromatic carbocycles. The molecule has 0 saturated carbocycles. The van der Waals surface area contributed by atoms with Gasteiger partial charge >= 0.3 is 6.09 Å². The average molecular weight is 257 g/mol. The molecule has 0 radical (unpaired) electrons. The van der Waals surface area contributed by atoms with Crippen molar-refractivity contribution in [2.24, 2.45) is 0 Å². The summed E-state index contributed by atoms with van der Waals surface area (Å²) in [6, 6.07) is 14.1. The minimum atomic E-state index is -0.297. The zero-order valence-corrected chi connectivity index (χ0v) is 11.6. The molecule has 0 unspecified atom stereocenters. The Bertz CT molecular complexity index is 572. The third-order valence-electron chi connectivity index (χ3n) is 3.01. The zero-order valence-electron chi connectivity index (χ0n) is 11.6. The second-order valence-corrected chi connectivity index (χ2v) is 4.66. The smallest absolute Gasteiger partial charge is 0.414 e. The molecule has 0 fully saturated rings. The summed E-state index contributed by atoms with van der Waals surface area (Å²) in [5.74, 6) is 0. The average Bonchev–Trinajstić information content (AvgIpc) is 2.39. The standard InChI is InChI=1S/C16H19NO2/c1-4-19-16(18)17(12(2)3)15-11-7-9-13-8-5-6-10-14(13)15/h5-12H,4H2,1-3H3. The first-order valence-electron chi connectivity index (χ1n) is 6.59. The highest BCUT2D eigenvalue weighted by Gasteiger charge is 2.21. The molecule has 3 heteroatoms. The van der Waals surface area contributed by atoms with Gasteiger partial charge in [-0.3, -0.25) is 4.90 Å². The molecule has 0 bridgehead atoms. The van der Waals surface area contributed by atoms with Gasteiger partial charge in [-0.1, -0.05) is 36.4 Å². The molecule has 0 aliphatic carbocycles. The van der Waals surface area contributed by atoms with Gasteiger partial charge in [0.25, 0.3) is 0 Å². The Kier molecular flexibility index (Phi) is 4.05. The Hall–Kier alpha value is -2.03. The summed E-state index contributed by atoms with van der Waals surface area (Å²) in [4.78, 5) is 13.8. The molecule has 2 aromatic rings. The Morgan fingerprint density at radius 1 is 1.16 bits per heavy atom. The van der Waals surface area contributed by atoms with E-state index in [4.69, 9.17) is 4.74 Å². The number of hydrogen-bond acceptors (Lipinski definition) is 2. The van der Waals surface area contributed by atoms with Crippen molar-refractivity contribution >= 4 is 22.6 Å². The largest absolute Gasteiger partial charge is 0.449 e. The van der Waals surface area contributed by atoms with E-state index in [-0.39, 0.29) is 12.1 Å². The van der Waals surface area contributed by atoms with Crippen molar-refractivity contribution in [3.05, 3.63) is 42.5 Å². The van der Waals surface area contributed by atoms with Gasteiger partial charge < -0.3 is 4.74 Å². The zero-order chi connectivity index (χ0) is 13.8. The number of benzene rings is 2. The summed E-state index contributed by atoms with van der Waals surface area (Å²) in [7, 11) is 0. The molecule has 100 valence electrons. The molecule has 0 aliphatic heterocycles. The van der Waals surface area contributed by atoms with Crippen LogP contribution in [0, 0.1) is 0 Å². The molecule has 0 saturated heterocycles. The van der Waals surface area contributed by atoms with Crippen LogP contribution in [0.25, 0.3) is 10.8 Å². The normalized spacial score (nSPS) is 10.7. The maximum absolute atomic E-state index is 12.1. The van der Waals surface area contributed by atoms with Gasteiger partial charge in [0.15, 0.2) is 0 Å². The van der Waals surface area contributed by atoms with Gasteiger partial charge in [-0.25, -0.2) is 4.79 Å². The van der Waals surface area contributed by atoms with Crippen molar-refractivity contribution in [1.29, 1.82) is 0 Å². The number of nitrogens with zero attached hydrogens (tertiary/aromatic N) is 1. The number of anilines is 1. The van der Waals surface area contributed by atoms with Crippen molar-refractivity contribution in [2.75, 3.05) is 11.5 Å². The molecule has 1 amide bonds. The van der Waals surface area contributed by atoms with Crippen LogP contribution in [-0.2, 0) is 4.74 Å². The fourth-order valence-corrected chi connectivity index (χ4v) is 2.20. The van der Waals surface area contributed by atoms with Crippen molar-refractivity contribution < 1.29 is 9.53 Å². The molecule has 0 aliphatic rings. The van der Waals surface area contributed by atoms with Gasteiger partial charge in [-0.05, 0) is 32.2 Å². The highest BCUT2D eigenvalue weighted by molar-refractivity contribution is 6.01. The van der Waals surface area contributed by atoms with Crippen LogP contribution in [0.15, 0.2) is 42.5 Å². The lowest BCUT2D eigenvalue weighted by molar-refractivity contribution is 0.158. The Morgan fingerprint density at radius 2 is 1.84 bits per heavy atom. The molecular weight excluding hydrogens is 238 g/mol. The fourth-order valence-electron chi connectivity index (χ4n) is 2.20. The lowest BCUT2D eigenvalue weighted by Gasteiger charge is -2.27. The first-order valence-corrected chi connectivity index (χ1v) is 6.59. The van der Waals surface area contributed by atoms with Gasteiger partial charge in [0, 0.05) is 11.4 Å². The quantitative estimate of drug-likeness (QED) is 0.824. The Morgan fingerprint density at radius 3 is 2.53 bits per heavy atom. The van der Waals surface area contributed by atoms with Crippen molar-refractivity contribution in [3.8, 4) is 0 Å². The van der Waals surface area contributed by atoms with Gasteiger partial charge in [0.2, 0.25) is 0 Å². The van der Waals surface area contributed by atoms with E-state index in [1.165, 1.54) is 0 Å². The lowest BCUT2D eigenvalue weighted by Crippen LogP contribution is -2.37. The maximum Gasteiger partial charge on any atom is 0.414 e. The second-order valence-electron chi connectivity index (χ2n) is 4.66. The molecule has 0 spiro atoms. The van der Waals surface area contributed by atoms with E-state index < -0.39 is 0 Å². The number of ether oxygens (including phenoxy) is 1. The molecule has 0 atom stereocenters. The van der Waals surface area contributed by atoms with E-state index in [1.807, 2.05) is 63.2 Å². The molecule has 0 heterocycles. The fraction of sp³-hybridized carbons (Fsp3) is 0.312. The van der Waals surface area contributed by atoms with Crippen LogP contribution in [0.1, 0.15) is 20.8 Å². The highest BCUT2D eigenvalue weighted by Crippen LogP contribution is 2.28. The van der Waals surface area contributed by atoms with Crippen molar-refractivity contribution in [2.45, 2.75) is 26.8 Å². The second kappa shape index (κ2) is 5.74. The Labute approximate surface area is 113 Å². The Balaban J connectivity index is 2.53. The highest BCUT2D eigenvalue weighted by atomic mass is 16.6. The van der Waals surface area contributed by atoms with E-state index in [0.29, 0.717) is 6.61 Å². The van der Waals surface area contributed by atoms with Gasteiger partial charge in [-0.15, -0.1) is 0 Å². The van der Waals surface area contributed by atoms with Crippen LogP contribution in [0.4, 0.5) is 10.5 Å².